The van der Waals surface area contributed by atoms with Crippen molar-refractivity contribution in [2.24, 2.45) is 0 Å². The van der Waals surface area contributed by atoms with Crippen molar-refractivity contribution in [2.45, 2.75) is 13.5 Å². The zero-order valence-electron chi connectivity index (χ0n) is 13.5. The van der Waals surface area contributed by atoms with Gasteiger partial charge < -0.3 is 19.8 Å². The van der Waals surface area contributed by atoms with E-state index in [-0.39, 0.29) is 17.2 Å². The van der Waals surface area contributed by atoms with Crippen LogP contribution in [-0.2, 0) is 16.1 Å². The van der Waals surface area contributed by atoms with Crippen molar-refractivity contribution in [1.82, 2.24) is 4.90 Å². The lowest BCUT2D eigenvalue weighted by Crippen LogP contribution is -2.31. The monoisotopic (exact) mass is 329 g/mol. The zero-order chi connectivity index (χ0) is 17.7. The number of rotatable bonds is 5. The Labute approximate surface area is 139 Å². The van der Waals surface area contributed by atoms with Gasteiger partial charge in [0.05, 0.1) is 0 Å². The lowest BCUT2D eigenvalue weighted by atomic mass is 10.1. The van der Waals surface area contributed by atoms with Gasteiger partial charge in [-0.05, 0) is 30.2 Å². The predicted molar refractivity (Wildman–Crippen MR) is 87.7 cm³/mol. The fourth-order valence-corrected chi connectivity index (χ4v) is 2.14. The van der Waals surface area contributed by atoms with Crippen LogP contribution in [0.4, 0.5) is 0 Å². The molecule has 6 nitrogen and oxygen atoms in total. The molecule has 126 valence electrons. The highest BCUT2D eigenvalue weighted by atomic mass is 16.5. The Bertz CT molecular complexity index is 757. The van der Waals surface area contributed by atoms with Crippen molar-refractivity contribution in [3.63, 3.8) is 0 Å². The predicted octanol–water partition coefficient (Wildman–Crippen LogP) is 2.22. The Balaban J connectivity index is 1.92. The Kier molecular flexibility index (Phi) is 5.42. The molecular weight excluding hydrogens is 310 g/mol. The molecule has 0 aliphatic carbocycles. The average molecular weight is 329 g/mol. The van der Waals surface area contributed by atoms with Gasteiger partial charge in [-0.3, -0.25) is 4.79 Å². The second-order valence-electron chi connectivity index (χ2n) is 5.45. The molecule has 2 rings (SSSR count). The molecule has 1 amide bonds. The summed E-state index contributed by atoms with van der Waals surface area (Å²) < 4.78 is 4.93. The number of phenols is 2. The van der Waals surface area contributed by atoms with E-state index in [0.29, 0.717) is 6.54 Å². The normalized spacial score (nSPS) is 10.2. The highest BCUT2D eigenvalue weighted by Gasteiger charge is 2.17. The molecule has 0 heterocycles. The van der Waals surface area contributed by atoms with Crippen LogP contribution in [0.1, 0.15) is 21.5 Å². The summed E-state index contributed by atoms with van der Waals surface area (Å²) in [5, 5.41) is 18.8. The number of amides is 1. The Hall–Kier alpha value is -3.02. The van der Waals surface area contributed by atoms with E-state index in [2.05, 4.69) is 0 Å². The molecule has 0 aromatic heterocycles. The third-order valence-corrected chi connectivity index (χ3v) is 3.62. The quantitative estimate of drug-likeness (QED) is 0.821. The highest BCUT2D eigenvalue weighted by molar-refractivity contribution is 5.94. The number of aryl methyl sites for hydroxylation is 1. The van der Waals surface area contributed by atoms with Gasteiger partial charge in [-0.15, -0.1) is 0 Å². The van der Waals surface area contributed by atoms with Crippen molar-refractivity contribution < 1.29 is 24.5 Å². The SMILES string of the molecule is Cc1ccccc1CN(C)C(=O)COC(=O)c1ccc(O)cc1O. The standard InChI is InChI=1S/C18H19NO5/c1-12-5-3-4-6-13(12)10-19(2)17(22)11-24-18(23)15-8-7-14(20)9-16(15)21/h3-9,20-21H,10-11H2,1-2H3. The first-order valence-electron chi connectivity index (χ1n) is 7.36. The Morgan fingerprint density at radius 1 is 1.12 bits per heavy atom. The van der Waals surface area contributed by atoms with Gasteiger partial charge in [0.1, 0.15) is 17.1 Å². The number of likely N-dealkylation sites (N-methyl/N-ethyl adjacent to an activating group) is 1. The minimum absolute atomic E-state index is 0.109. The maximum absolute atomic E-state index is 12.1. The second kappa shape index (κ2) is 7.50. The number of esters is 1. The topological polar surface area (TPSA) is 87.1 Å². The van der Waals surface area contributed by atoms with E-state index in [1.54, 1.807) is 7.05 Å². The third-order valence-electron chi connectivity index (χ3n) is 3.62. The summed E-state index contributed by atoms with van der Waals surface area (Å²) in [7, 11) is 1.63. The Morgan fingerprint density at radius 3 is 2.50 bits per heavy atom. The zero-order valence-corrected chi connectivity index (χ0v) is 13.5. The molecule has 0 bridgehead atoms. The largest absolute Gasteiger partial charge is 0.508 e. The van der Waals surface area contributed by atoms with Crippen molar-refractivity contribution in [1.29, 1.82) is 0 Å². The van der Waals surface area contributed by atoms with Gasteiger partial charge in [0.2, 0.25) is 0 Å². The number of hydrogen-bond donors (Lipinski definition) is 2. The maximum Gasteiger partial charge on any atom is 0.342 e. The summed E-state index contributed by atoms with van der Waals surface area (Å²) in [4.78, 5) is 25.4. The van der Waals surface area contributed by atoms with Crippen LogP contribution in [0.5, 0.6) is 11.5 Å². The van der Waals surface area contributed by atoms with Crippen molar-refractivity contribution in [3.05, 3.63) is 59.2 Å². The van der Waals surface area contributed by atoms with Crippen LogP contribution >= 0.6 is 0 Å². The van der Waals surface area contributed by atoms with Crippen molar-refractivity contribution in [2.75, 3.05) is 13.7 Å². The summed E-state index contributed by atoms with van der Waals surface area (Å²) in [5.41, 5.74) is 1.97. The van der Waals surface area contributed by atoms with Crippen LogP contribution < -0.4 is 0 Å². The average Bonchev–Trinajstić information content (AvgIpc) is 2.54. The number of hydrogen-bond acceptors (Lipinski definition) is 5. The van der Waals surface area contributed by atoms with E-state index in [0.717, 1.165) is 17.2 Å². The van der Waals surface area contributed by atoms with Gasteiger partial charge in [-0.1, -0.05) is 24.3 Å². The first kappa shape index (κ1) is 17.3. The molecule has 24 heavy (non-hydrogen) atoms. The highest BCUT2D eigenvalue weighted by Crippen LogP contribution is 2.23. The lowest BCUT2D eigenvalue weighted by molar-refractivity contribution is -0.133. The van der Waals surface area contributed by atoms with Gasteiger partial charge in [0.25, 0.3) is 5.91 Å². The molecule has 0 atom stereocenters. The number of carbonyl (C=O) groups is 2. The molecule has 0 spiro atoms. The summed E-state index contributed by atoms with van der Waals surface area (Å²) >= 11 is 0. The summed E-state index contributed by atoms with van der Waals surface area (Å²) in [6, 6.07) is 11.2. The summed E-state index contributed by atoms with van der Waals surface area (Å²) in [6.45, 7) is 1.94. The van der Waals surface area contributed by atoms with Crippen LogP contribution in [0.25, 0.3) is 0 Å². The molecular formula is C18H19NO5. The number of aromatic hydroxyl groups is 2. The fourth-order valence-electron chi connectivity index (χ4n) is 2.14. The Morgan fingerprint density at radius 2 is 1.83 bits per heavy atom. The number of carbonyl (C=O) groups excluding carboxylic acids is 2. The van der Waals surface area contributed by atoms with Crippen molar-refractivity contribution >= 4 is 11.9 Å². The van der Waals surface area contributed by atoms with E-state index in [9.17, 15) is 19.8 Å². The van der Waals surface area contributed by atoms with E-state index in [1.165, 1.54) is 17.0 Å². The van der Waals surface area contributed by atoms with Crippen LogP contribution in [0.3, 0.4) is 0 Å². The van der Waals surface area contributed by atoms with Gasteiger partial charge >= 0.3 is 5.97 Å². The van der Waals surface area contributed by atoms with Gasteiger partial charge in [0, 0.05) is 19.7 Å². The summed E-state index contributed by atoms with van der Waals surface area (Å²) in [6.07, 6.45) is 0. The van der Waals surface area contributed by atoms with Crippen LogP contribution in [-0.4, -0.2) is 40.6 Å². The molecule has 2 N–H and O–H groups in total. The van der Waals surface area contributed by atoms with E-state index >= 15 is 0 Å². The molecule has 2 aromatic rings. The smallest absolute Gasteiger partial charge is 0.342 e. The van der Waals surface area contributed by atoms with Crippen LogP contribution in [0.2, 0.25) is 0 Å². The van der Waals surface area contributed by atoms with E-state index in [4.69, 9.17) is 4.74 Å². The minimum atomic E-state index is -0.829. The van der Waals surface area contributed by atoms with E-state index in [1.807, 2.05) is 31.2 Å². The van der Waals surface area contributed by atoms with Crippen LogP contribution in [0.15, 0.2) is 42.5 Å². The van der Waals surface area contributed by atoms with E-state index < -0.39 is 18.3 Å². The molecule has 0 saturated carbocycles. The number of nitrogens with zero attached hydrogens (tertiary/aromatic N) is 1. The minimum Gasteiger partial charge on any atom is -0.508 e. The van der Waals surface area contributed by atoms with Crippen molar-refractivity contribution in [3.8, 4) is 11.5 Å². The fraction of sp³-hybridized carbons (Fsp3) is 0.222. The molecule has 0 radical (unpaired) electrons. The molecule has 0 unspecified atom stereocenters. The van der Waals surface area contributed by atoms with Gasteiger partial charge in [0.15, 0.2) is 6.61 Å². The molecule has 0 aliphatic heterocycles. The van der Waals surface area contributed by atoms with Gasteiger partial charge in [-0.2, -0.15) is 0 Å². The number of benzene rings is 2. The molecule has 6 heteroatoms. The first-order valence-corrected chi connectivity index (χ1v) is 7.36. The number of ether oxygens (including phenoxy) is 1. The second-order valence-corrected chi connectivity index (χ2v) is 5.45. The number of phenolic OH excluding ortho intramolecular Hbond substituents is 2. The molecule has 0 saturated heterocycles. The maximum atomic E-state index is 12.1. The first-order chi connectivity index (χ1) is 11.4. The van der Waals surface area contributed by atoms with Crippen LogP contribution in [0, 0.1) is 6.92 Å². The molecule has 2 aromatic carbocycles. The molecule has 0 aliphatic rings. The van der Waals surface area contributed by atoms with Gasteiger partial charge in [-0.25, -0.2) is 4.79 Å². The molecule has 0 fully saturated rings. The third kappa shape index (κ3) is 4.25. The summed E-state index contributed by atoms with van der Waals surface area (Å²) in [5.74, 6) is -1.76. The lowest BCUT2D eigenvalue weighted by Gasteiger charge is -2.18.